The summed E-state index contributed by atoms with van der Waals surface area (Å²) < 4.78 is 14.8. The van der Waals surface area contributed by atoms with Gasteiger partial charge in [0.2, 0.25) is 0 Å². The Morgan fingerprint density at radius 3 is 2.50 bits per heavy atom. The number of halogens is 1. The molecule has 2 fully saturated rings. The topological polar surface area (TPSA) is 137 Å². The molecule has 10 heteroatoms. The van der Waals surface area contributed by atoms with Crippen molar-refractivity contribution in [2.24, 2.45) is 17.6 Å². The Hall–Kier alpha value is -3.61. The number of carbonyl (C=O) groups excluding carboxylic acids is 1. The van der Waals surface area contributed by atoms with Gasteiger partial charge in [-0.2, -0.15) is 10.4 Å². The molecule has 0 spiro atoms. The fraction of sp³-hybridized carbons (Fsp3) is 0.455. The molecule has 3 atom stereocenters. The van der Waals surface area contributed by atoms with E-state index >= 15 is 0 Å². The Balaban J connectivity index is 1.67. The van der Waals surface area contributed by atoms with Crippen molar-refractivity contribution < 1.29 is 19.1 Å². The van der Waals surface area contributed by atoms with E-state index < -0.39 is 35.8 Å². The largest absolute Gasteiger partial charge is 0.465 e. The molecular weight excluding hydrogens is 415 g/mol. The molecule has 2 aromatic rings. The van der Waals surface area contributed by atoms with Crippen LogP contribution in [0.25, 0.3) is 0 Å². The highest BCUT2D eigenvalue weighted by Gasteiger charge is 2.46. The lowest BCUT2D eigenvalue weighted by Crippen LogP contribution is -2.54. The average molecular weight is 440 g/mol. The molecule has 168 valence electrons. The summed E-state index contributed by atoms with van der Waals surface area (Å²) in [6.07, 6.45) is 4.71. The number of primary amides is 1. The van der Waals surface area contributed by atoms with Crippen molar-refractivity contribution in [2.45, 2.75) is 44.2 Å². The molecule has 2 heterocycles. The van der Waals surface area contributed by atoms with Crippen molar-refractivity contribution in [2.75, 3.05) is 11.9 Å². The molecule has 4 N–H and O–H groups in total. The van der Waals surface area contributed by atoms with Gasteiger partial charge in [-0.25, -0.2) is 9.18 Å². The zero-order valence-corrected chi connectivity index (χ0v) is 17.4. The van der Waals surface area contributed by atoms with Crippen LogP contribution in [0.2, 0.25) is 0 Å². The maximum atomic E-state index is 13.2. The third-order valence-electron chi connectivity index (χ3n) is 6.53. The molecule has 2 aliphatic rings. The molecule has 1 aromatic heterocycles. The number of anilines is 2. The molecule has 9 nitrogen and oxygen atoms in total. The van der Waals surface area contributed by atoms with Crippen LogP contribution < -0.4 is 11.1 Å². The van der Waals surface area contributed by atoms with E-state index in [-0.39, 0.29) is 23.8 Å². The first-order valence-corrected chi connectivity index (χ1v) is 10.7. The van der Waals surface area contributed by atoms with Crippen LogP contribution >= 0.6 is 0 Å². The summed E-state index contributed by atoms with van der Waals surface area (Å²) in [6.45, 7) is 0.284. The lowest BCUT2D eigenvalue weighted by atomic mass is 9.78. The van der Waals surface area contributed by atoms with Crippen LogP contribution in [0, 0.1) is 29.0 Å². The molecule has 1 saturated carbocycles. The Kier molecular flexibility index (Phi) is 5.99. The first-order chi connectivity index (χ1) is 15.4. The van der Waals surface area contributed by atoms with Crippen LogP contribution in [0.1, 0.15) is 48.5 Å². The van der Waals surface area contributed by atoms with Gasteiger partial charge in [0.25, 0.3) is 5.91 Å². The van der Waals surface area contributed by atoms with Crippen molar-refractivity contribution in [3.63, 3.8) is 0 Å². The predicted octanol–water partition coefficient (Wildman–Crippen LogP) is 3.49. The number of nitrogens with one attached hydrogen (secondary N) is 1. The summed E-state index contributed by atoms with van der Waals surface area (Å²) in [5.74, 6) is -1.36. The second-order valence-electron chi connectivity index (χ2n) is 8.39. The van der Waals surface area contributed by atoms with Crippen LogP contribution in [0.15, 0.2) is 30.5 Å². The summed E-state index contributed by atoms with van der Waals surface area (Å²) in [5, 5.41) is 27.3. The number of carbonyl (C=O) groups is 2. The van der Waals surface area contributed by atoms with Crippen LogP contribution in [0.3, 0.4) is 0 Å². The Bertz CT molecular complexity index is 1040. The van der Waals surface area contributed by atoms with Gasteiger partial charge >= 0.3 is 6.09 Å². The van der Waals surface area contributed by atoms with E-state index in [9.17, 15) is 24.3 Å². The van der Waals surface area contributed by atoms with E-state index in [4.69, 9.17) is 5.73 Å². The van der Waals surface area contributed by atoms with Gasteiger partial charge in [-0.05, 0) is 49.4 Å². The zero-order valence-electron chi connectivity index (χ0n) is 17.4. The molecular formula is C22H25FN6O3. The van der Waals surface area contributed by atoms with Gasteiger partial charge in [0.05, 0.1) is 24.1 Å². The standard InChI is InChI=1S/C22H25FN6O3/c23-14-5-7-15(8-6-14)26-21-17(20(25)30)12-29(27-21)18-9-10-28(22(31)32)19(16(18)11-24)13-3-1-2-4-13/h5-8,12-13,16,18-19H,1-4,9-10H2,(H2,25,30)(H,26,27)(H,31,32)/t16-,18+,19?/m1/s1. The summed E-state index contributed by atoms with van der Waals surface area (Å²) >= 11 is 0. The third-order valence-corrected chi connectivity index (χ3v) is 6.53. The van der Waals surface area contributed by atoms with Gasteiger partial charge in [0.1, 0.15) is 11.4 Å². The van der Waals surface area contributed by atoms with Gasteiger partial charge in [0.15, 0.2) is 5.82 Å². The van der Waals surface area contributed by atoms with Crippen LogP contribution in [0.5, 0.6) is 0 Å². The zero-order chi connectivity index (χ0) is 22.8. The Labute approximate surface area is 184 Å². The summed E-state index contributed by atoms with van der Waals surface area (Å²) in [7, 11) is 0. The minimum absolute atomic E-state index is 0.126. The molecule has 0 radical (unpaired) electrons. The first-order valence-electron chi connectivity index (χ1n) is 10.7. The quantitative estimate of drug-likeness (QED) is 0.651. The lowest BCUT2D eigenvalue weighted by molar-refractivity contribution is 0.0401. The fourth-order valence-corrected chi connectivity index (χ4v) is 5.05. The first kappa shape index (κ1) is 21.6. The SMILES string of the molecule is N#C[C@H]1C(C2CCCC2)N(C(=O)O)CC[C@@H]1n1cc(C(N)=O)c(Nc2ccc(F)cc2)n1. The maximum Gasteiger partial charge on any atom is 0.407 e. The average Bonchev–Trinajstić information content (AvgIpc) is 3.44. The minimum atomic E-state index is -1.02. The molecule has 0 bridgehead atoms. The number of hydrogen-bond donors (Lipinski definition) is 3. The molecule has 1 aliphatic heterocycles. The number of nitriles is 1. The normalized spacial score (nSPS) is 23.6. The fourth-order valence-electron chi connectivity index (χ4n) is 5.05. The van der Waals surface area contributed by atoms with Crippen LogP contribution in [-0.2, 0) is 0 Å². The monoisotopic (exact) mass is 440 g/mol. The molecule has 2 amide bonds. The van der Waals surface area contributed by atoms with Gasteiger partial charge < -0.3 is 21.1 Å². The van der Waals surface area contributed by atoms with Crippen molar-refractivity contribution in [1.29, 1.82) is 5.26 Å². The third kappa shape index (κ3) is 4.10. The number of rotatable bonds is 5. The number of benzene rings is 1. The summed E-state index contributed by atoms with van der Waals surface area (Å²) in [4.78, 5) is 25.3. The van der Waals surface area contributed by atoms with E-state index in [2.05, 4.69) is 16.5 Å². The number of amides is 2. The Morgan fingerprint density at radius 1 is 1.22 bits per heavy atom. The molecule has 1 unspecified atom stereocenters. The maximum absolute atomic E-state index is 13.2. The van der Waals surface area contributed by atoms with E-state index in [0.29, 0.717) is 12.1 Å². The van der Waals surface area contributed by atoms with Gasteiger partial charge in [0, 0.05) is 18.4 Å². The molecule has 1 saturated heterocycles. The smallest absolute Gasteiger partial charge is 0.407 e. The second-order valence-corrected chi connectivity index (χ2v) is 8.39. The van der Waals surface area contributed by atoms with Gasteiger partial charge in [-0.3, -0.25) is 9.48 Å². The number of likely N-dealkylation sites (tertiary alicyclic amines) is 1. The highest BCUT2D eigenvalue weighted by atomic mass is 19.1. The van der Waals surface area contributed by atoms with Crippen molar-refractivity contribution in [3.05, 3.63) is 41.8 Å². The number of nitrogens with two attached hydrogens (primary N) is 1. The summed E-state index contributed by atoms with van der Waals surface area (Å²) in [6, 6.07) is 7.10. The predicted molar refractivity (Wildman–Crippen MR) is 114 cm³/mol. The number of carboxylic acid groups (broad SMARTS) is 1. The molecule has 1 aliphatic carbocycles. The summed E-state index contributed by atoms with van der Waals surface area (Å²) in [5.41, 5.74) is 6.22. The number of aromatic nitrogens is 2. The van der Waals surface area contributed by atoms with E-state index in [0.717, 1.165) is 25.7 Å². The minimum Gasteiger partial charge on any atom is -0.465 e. The van der Waals surface area contributed by atoms with E-state index in [1.165, 1.54) is 35.4 Å². The van der Waals surface area contributed by atoms with Crippen LogP contribution in [-0.4, -0.2) is 44.4 Å². The van der Waals surface area contributed by atoms with Gasteiger partial charge in [-0.15, -0.1) is 0 Å². The number of hydrogen-bond acceptors (Lipinski definition) is 5. The Morgan fingerprint density at radius 2 is 1.91 bits per heavy atom. The van der Waals surface area contributed by atoms with Crippen LogP contribution in [0.4, 0.5) is 20.7 Å². The van der Waals surface area contributed by atoms with Crippen molar-refractivity contribution in [1.82, 2.24) is 14.7 Å². The van der Waals surface area contributed by atoms with E-state index in [1.807, 2.05) is 0 Å². The highest BCUT2D eigenvalue weighted by Crippen LogP contribution is 2.42. The highest BCUT2D eigenvalue weighted by molar-refractivity contribution is 5.98. The number of piperidine rings is 1. The van der Waals surface area contributed by atoms with Crippen molar-refractivity contribution >= 4 is 23.5 Å². The lowest BCUT2D eigenvalue weighted by Gasteiger charge is -2.44. The number of nitrogens with zero attached hydrogens (tertiary/aromatic N) is 4. The molecule has 1 aromatic carbocycles. The van der Waals surface area contributed by atoms with E-state index in [1.54, 1.807) is 4.68 Å². The second kappa shape index (κ2) is 8.86. The van der Waals surface area contributed by atoms with Gasteiger partial charge in [-0.1, -0.05) is 12.8 Å². The van der Waals surface area contributed by atoms with Crippen molar-refractivity contribution in [3.8, 4) is 6.07 Å². The molecule has 4 rings (SSSR count). The molecule has 32 heavy (non-hydrogen) atoms.